The van der Waals surface area contributed by atoms with Crippen LogP contribution < -0.4 is 0 Å². The molecule has 0 spiro atoms. The van der Waals surface area contributed by atoms with E-state index in [1.165, 1.54) is 6.33 Å². The van der Waals surface area contributed by atoms with Crippen molar-refractivity contribution in [2.75, 3.05) is 0 Å². The zero-order valence-corrected chi connectivity index (χ0v) is 15.0. The zero-order valence-electron chi connectivity index (χ0n) is 13.4. The van der Waals surface area contributed by atoms with E-state index in [4.69, 9.17) is 23.2 Å². The van der Waals surface area contributed by atoms with E-state index in [0.29, 0.717) is 29.4 Å². The van der Waals surface area contributed by atoms with E-state index in [2.05, 4.69) is 16.2 Å². The van der Waals surface area contributed by atoms with E-state index in [-0.39, 0.29) is 0 Å². The van der Waals surface area contributed by atoms with Gasteiger partial charge in [0.2, 0.25) is 0 Å². The number of halogens is 2. The molecule has 4 nitrogen and oxygen atoms in total. The molecular weight excluding hydrogens is 355 g/mol. The Hall–Kier alpha value is -2.35. The lowest BCUT2D eigenvalue weighted by Crippen LogP contribution is -2.31. The van der Waals surface area contributed by atoms with Gasteiger partial charge in [-0.25, -0.2) is 4.98 Å². The predicted molar refractivity (Wildman–Crippen MR) is 98.5 cm³/mol. The summed E-state index contributed by atoms with van der Waals surface area (Å²) in [5, 5.41) is 15.4. The van der Waals surface area contributed by atoms with Crippen LogP contribution in [0.5, 0.6) is 0 Å². The van der Waals surface area contributed by atoms with E-state index in [1.54, 1.807) is 17.1 Å². The normalized spacial score (nSPS) is 13.2. The highest BCUT2D eigenvalue weighted by Crippen LogP contribution is 2.32. The number of rotatable bonds is 6. The molecule has 0 saturated heterocycles. The lowest BCUT2D eigenvalue weighted by atomic mass is 9.77. The quantitative estimate of drug-likeness (QED) is 0.632. The molecule has 0 fully saturated rings. The lowest BCUT2D eigenvalue weighted by molar-refractivity contribution is 0.402. The third-order valence-electron chi connectivity index (χ3n) is 4.20. The fraction of sp³-hybridized carbons (Fsp3) is 0.211. The number of aryl methyl sites for hydroxylation is 1. The number of hydrogen-bond donors (Lipinski definition) is 0. The first-order valence-electron chi connectivity index (χ1n) is 7.85. The van der Waals surface area contributed by atoms with Gasteiger partial charge in [-0.05, 0) is 42.2 Å². The summed E-state index contributed by atoms with van der Waals surface area (Å²) in [6.45, 7) is 0.432. The minimum atomic E-state index is -0.718. The maximum absolute atomic E-state index is 10.1. The van der Waals surface area contributed by atoms with Crippen molar-refractivity contribution in [2.45, 2.75) is 24.8 Å². The molecule has 1 unspecified atom stereocenters. The Bertz CT molecular complexity index is 852. The van der Waals surface area contributed by atoms with Gasteiger partial charge in [0.25, 0.3) is 0 Å². The van der Waals surface area contributed by atoms with E-state index >= 15 is 0 Å². The highest BCUT2D eigenvalue weighted by Gasteiger charge is 2.33. The van der Waals surface area contributed by atoms with Gasteiger partial charge in [-0.2, -0.15) is 10.4 Å². The molecule has 1 atom stereocenters. The topological polar surface area (TPSA) is 54.5 Å². The van der Waals surface area contributed by atoms with Crippen molar-refractivity contribution in [3.05, 3.63) is 82.4 Å². The highest BCUT2D eigenvalue weighted by atomic mass is 35.5. The smallest absolute Gasteiger partial charge is 0.137 e. The summed E-state index contributed by atoms with van der Waals surface area (Å²) in [4.78, 5) is 3.98. The monoisotopic (exact) mass is 370 g/mol. The average Bonchev–Trinajstić information content (AvgIpc) is 3.11. The molecule has 0 bridgehead atoms. The van der Waals surface area contributed by atoms with Gasteiger partial charge in [0.05, 0.1) is 12.6 Å². The van der Waals surface area contributed by atoms with Crippen LogP contribution in [0.25, 0.3) is 0 Å². The summed E-state index contributed by atoms with van der Waals surface area (Å²) >= 11 is 12.2. The van der Waals surface area contributed by atoms with Crippen LogP contribution in [0.2, 0.25) is 10.0 Å². The summed E-state index contributed by atoms with van der Waals surface area (Å²) in [5.41, 5.74) is 1.25. The van der Waals surface area contributed by atoms with Crippen LogP contribution in [0.15, 0.2) is 61.2 Å². The van der Waals surface area contributed by atoms with E-state index in [9.17, 15) is 5.26 Å². The third kappa shape index (κ3) is 4.19. The number of hydrogen-bond acceptors (Lipinski definition) is 3. The average molecular weight is 371 g/mol. The molecule has 0 aliphatic heterocycles. The summed E-state index contributed by atoms with van der Waals surface area (Å²) in [6, 6.07) is 17.8. The fourth-order valence-corrected chi connectivity index (χ4v) is 3.50. The summed E-state index contributed by atoms with van der Waals surface area (Å²) in [6.07, 6.45) is 4.40. The van der Waals surface area contributed by atoms with Crippen molar-refractivity contribution >= 4 is 23.2 Å². The van der Waals surface area contributed by atoms with Crippen LogP contribution >= 0.6 is 23.2 Å². The molecule has 3 rings (SSSR count). The van der Waals surface area contributed by atoms with Crippen molar-refractivity contribution < 1.29 is 0 Å². The van der Waals surface area contributed by atoms with Crippen molar-refractivity contribution in [3.63, 3.8) is 0 Å². The van der Waals surface area contributed by atoms with E-state index < -0.39 is 5.41 Å². The molecule has 0 saturated carbocycles. The molecule has 3 aromatic rings. The van der Waals surface area contributed by atoms with Gasteiger partial charge in [-0.3, -0.25) is 4.68 Å². The highest BCUT2D eigenvalue weighted by molar-refractivity contribution is 6.34. The second-order valence-electron chi connectivity index (χ2n) is 5.93. The number of benzene rings is 2. The maximum Gasteiger partial charge on any atom is 0.137 e. The predicted octanol–water partition coefficient (Wildman–Crippen LogP) is 4.68. The summed E-state index contributed by atoms with van der Waals surface area (Å²) in [7, 11) is 0. The Morgan fingerprint density at radius 2 is 1.80 bits per heavy atom. The Morgan fingerprint density at radius 3 is 2.40 bits per heavy atom. The van der Waals surface area contributed by atoms with Crippen LogP contribution in [0.4, 0.5) is 0 Å². The first-order valence-corrected chi connectivity index (χ1v) is 8.61. The molecule has 6 heteroatoms. The maximum atomic E-state index is 10.1. The standard InChI is InChI=1S/C19H16Cl2N4/c20-17-8-15(9-18(21)10-17)6-7-19(11-22,12-25-14-23-13-24-25)16-4-2-1-3-5-16/h1-5,8-10,13-14H,6-7,12H2. The van der Waals surface area contributed by atoms with Gasteiger partial charge >= 0.3 is 0 Å². The Balaban J connectivity index is 1.92. The van der Waals surface area contributed by atoms with Gasteiger partial charge in [0.1, 0.15) is 18.1 Å². The Labute approximate surface area is 156 Å². The minimum Gasteiger partial charge on any atom is -0.251 e. The fourth-order valence-electron chi connectivity index (χ4n) is 2.93. The van der Waals surface area contributed by atoms with Gasteiger partial charge < -0.3 is 0 Å². The lowest BCUT2D eigenvalue weighted by Gasteiger charge is -2.27. The van der Waals surface area contributed by atoms with Crippen LogP contribution in [-0.2, 0) is 18.4 Å². The van der Waals surface area contributed by atoms with Gasteiger partial charge in [-0.15, -0.1) is 0 Å². The molecule has 0 N–H and O–H groups in total. The SMILES string of the molecule is N#CC(CCc1cc(Cl)cc(Cl)c1)(Cn1cncn1)c1ccccc1. The molecule has 0 amide bonds. The summed E-state index contributed by atoms with van der Waals surface area (Å²) < 4.78 is 1.70. The largest absolute Gasteiger partial charge is 0.251 e. The van der Waals surface area contributed by atoms with Crippen molar-refractivity contribution in [2.24, 2.45) is 0 Å². The molecule has 25 heavy (non-hydrogen) atoms. The number of aromatic nitrogens is 3. The molecular formula is C19H16Cl2N4. The summed E-state index contributed by atoms with van der Waals surface area (Å²) in [5.74, 6) is 0. The first-order chi connectivity index (χ1) is 12.1. The molecule has 1 heterocycles. The van der Waals surface area contributed by atoms with Gasteiger partial charge in [-0.1, -0.05) is 53.5 Å². The molecule has 0 aliphatic rings. The van der Waals surface area contributed by atoms with Crippen molar-refractivity contribution in [3.8, 4) is 6.07 Å². The van der Waals surface area contributed by atoms with Crippen LogP contribution in [0.3, 0.4) is 0 Å². The number of nitriles is 1. The van der Waals surface area contributed by atoms with Gasteiger partial charge in [0.15, 0.2) is 0 Å². The second-order valence-corrected chi connectivity index (χ2v) is 6.80. The van der Waals surface area contributed by atoms with E-state index in [1.807, 2.05) is 42.5 Å². The van der Waals surface area contributed by atoms with Gasteiger partial charge in [0, 0.05) is 10.0 Å². The molecule has 126 valence electrons. The second kappa shape index (κ2) is 7.69. The van der Waals surface area contributed by atoms with Crippen LogP contribution in [-0.4, -0.2) is 14.8 Å². The molecule has 0 aliphatic carbocycles. The Kier molecular flexibility index (Phi) is 5.37. The minimum absolute atomic E-state index is 0.432. The third-order valence-corrected chi connectivity index (χ3v) is 4.64. The van der Waals surface area contributed by atoms with E-state index in [0.717, 1.165) is 11.1 Å². The van der Waals surface area contributed by atoms with Crippen molar-refractivity contribution in [1.82, 2.24) is 14.8 Å². The first kappa shape index (κ1) is 17.5. The molecule has 1 aromatic heterocycles. The molecule has 0 radical (unpaired) electrons. The molecule has 2 aromatic carbocycles. The van der Waals surface area contributed by atoms with Crippen LogP contribution in [0.1, 0.15) is 17.5 Å². The van der Waals surface area contributed by atoms with Crippen molar-refractivity contribution in [1.29, 1.82) is 5.26 Å². The van der Waals surface area contributed by atoms with Crippen LogP contribution in [0, 0.1) is 11.3 Å². The Morgan fingerprint density at radius 1 is 1.08 bits per heavy atom. The number of nitrogens with zero attached hydrogens (tertiary/aromatic N) is 4. The zero-order chi connectivity index (χ0) is 17.7.